The number of nitrogens with zero attached hydrogens (tertiary/aromatic N) is 3. The minimum atomic E-state index is 0.465. The number of aromatic nitrogens is 2. The smallest absolute Gasteiger partial charge is 0.203 e. The second-order valence-corrected chi connectivity index (χ2v) is 6.17. The van der Waals surface area contributed by atoms with Gasteiger partial charge in [0, 0.05) is 18.8 Å². The fraction of sp³-hybridized carbons (Fsp3) is 0.800. The van der Waals surface area contributed by atoms with Gasteiger partial charge in [0.25, 0.3) is 0 Å². The van der Waals surface area contributed by atoms with Crippen LogP contribution < -0.4 is 5.32 Å². The third-order valence-corrected chi connectivity index (χ3v) is 4.08. The number of piperidine rings is 1. The molecule has 0 aliphatic carbocycles. The summed E-state index contributed by atoms with van der Waals surface area (Å²) in [5.41, 5.74) is 1.09. The van der Waals surface area contributed by atoms with Crippen LogP contribution >= 0.6 is 0 Å². The van der Waals surface area contributed by atoms with Gasteiger partial charge < -0.3 is 14.8 Å². The molecule has 4 nitrogen and oxygen atoms in total. The van der Waals surface area contributed by atoms with Crippen LogP contribution in [0.4, 0.5) is 5.95 Å². The molecule has 0 spiro atoms. The second-order valence-electron chi connectivity index (χ2n) is 6.17. The van der Waals surface area contributed by atoms with Gasteiger partial charge in [-0.1, -0.05) is 0 Å². The fourth-order valence-corrected chi connectivity index (χ4v) is 2.78. The topological polar surface area (TPSA) is 33.1 Å². The Bertz CT molecular complexity index is 389. The molecule has 1 N–H and O–H groups in total. The van der Waals surface area contributed by atoms with E-state index in [9.17, 15) is 0 Å². The lowest BCUT2D eigenvalue weighted by Gasteiger charge is -2.29. The average molecular weight is 264 g/mol. The molecular formula is C15H28N4. The van der Waals surface area contributed by atoms with E-state index in [0.717, 1.165) is 24.1 Å². The van der Waals surface area contributed by atoms with E-state index in [4.69, 9.17) is 0 Å². The Labute approximate surface area is 117 Å². The zero-order valence-corrected chi connectivity index (χ0v) is 12.8. The van der Waals surface area contributed by atoms with Gasteiger partial charge in [-0.25, -0.2) is 4.98 Å². The van der Waals surface area contributed by atoms with Crippen LogP contribution in [-0.2, 0) is 0 Å². The van der Waals surface area contributed by atoms with E-state index >= 15 is 0 Å². The molecule has 0 amide bonds. The van der Waals surface area contributed by atoms with Crippen molar-refractivity contribution in [1.82, 2.24) is 14.5 Å². The number of likely N-dealkylation sites (tertiary alicyclic amines) is 1. The lowest BCUT2D eigenvalue weighted by atomic mass is 9.94. The van der Waals surface area contributed by atoms with Crippen LogP contribution in [0.1, 0.15) is 44.8 Å². The molecule has 1 aromatic heterocycles. The van der Waals surface area contributed by atoms with Gasteiger partial charge in [-0.3, -0.25) is 0 Å². The van der Waals surface area contributed by atoms with Crippen LogP contribution in [0.25, 0.3) is 0 Å². The summed E-state index contributed by atoms with van der Waals surface area (Å²) in [4.78, 5) is 7.00. The number of hydrogen-bond acceptors (Lipinski definition) is 3. The van der Waals surface area contributed by atoms with Crippen LogP contribution in [0.2, 0.25) is 0 Å². The van der Waals surface area contributed by atoms with Gasteiger partial charge in [-0.2, -0.15) is 0 Å². The highest BCUT2D eigenvalue weighted by atomic mass is 15.2. The largest absolute Gasteiger partial charge is 0.356 e. The van der Waals surface area contributed by atoms with E-state index in [0.29, 0.717) is 6.04 Å². The van der Waals surface area contributed by atoms with E-state index in [1.807, 2.05) is 0 Å². The highest BCUT2D eigenvalue weighted by Crippen LogP contribution is 2.20. The summed E-state index contributed by atoms with van der Waals surface area (Å²) < 4.78 is 2.23. The van der Waals surface area contributed by atoms with Crippen molar-refractivity contribution in [3.05, 3.63) is 11.9 Å². The highest BCUT2D eigenvalue weighted by Gasteiger charge is 2.16. The SMILES string of the molecule is Cc1cn(C(C)C)c(NCCC2CCN(C)CC2)n1. The van der Waals surface area contributed by atoms with E-state index in [2.05, 4.69) is 53.8 Å². The summed E-state index contributed by atoms with van der Waals surface area (Å²) in [5.74, 6) is 1.91. The highest BCUT2D eigenvalue weighted by molar-refractivity contribution is 5.29. The minimum Gasteiger partial charge on any atom is -0.356 e. The van der Waals surface area contributed by atoms with Crippen LogP contribution in [0.5, 0.6) is 0 Å². The van der Waals surface area contributed by atoms with Crippen LogP contribution in [0, 0.1) is 12.8 Å². The Morgan fingerprint density at radius 1 is 1.37 bits per heavy atom. The van der Waals surface area contributed by atoms with Gasteiger partial charge >= 0.3 is 0 Å². The van der Waals surface area contributed by atoms with Gasteiger partial charge in [-0.15, -0.1) is 0 Å². The summed E-state index contributed by atoms with van der Waals surface area (Å²) in [6.07, 6.45) is 6.08. The van der Waals surface area contributed by atoms with Crippen molar-refractivity contribution < 1.29 is 0 Å². The van der Waals surface area contributed by atoms with Crippen LogP contribution in [0.15, 0.2) is 6.20 Å². The lowest BCUT2D eigenvalue weighted by molar-refractivity contribution is 0.215. The van der Waals surface area contributed by atoms with Crippen molar-refractivity contribution in [1.29, 1.82) is 0 Å². The van der Waals surface area contributed by atoms with Gasteiger partial charge in [0.1, 0.15) is 0 Å². The molecule has 0 bridgehead atoms. The Balaban J connectivity index is 1.79. The van der Waals surface area contributed by atoms with E-state index in [1.165, 1.54) is 32.4 Å². The first kappa shape index (κ1) is 14.4. The molecule has 0 aromatic carbocycles. The molecule has 19 heavy (non-hydrogen) atoms. The van der Waals surface area contributed by atoms with Gasteiger partial charge in [0.15, 0.2) is 0 Å². The van der Waals surface area contributed by atoms with Crippen LogP contribution in [0.3, 0.4) is 0 Å². The molecule has 0 saturated carbocycles. The molecule has 0 radical (unpaired) electrons. The second kappa shape index (κ2) is 6.42. The predicted molar refractivity (Wildman–Crippen MR) is 80.7 cm³/mol. The first-order chi connectivity index (χ1) is 9.06. The van der Waals surface area contributed by atoms with Crippen molar-refractivity contribution in [2.24, 2.45) is 5.92 Å². The first-order valence-corrected chi connectivity index (χ1v) is 7.54. The molecule has 1 fully saturated rings. The summed E-state index contributed by atoms with van der Waals surface area (Å²) in [6, 6.07) is 0.465. The monoisotopic (exact) mass is 264 g/mol. The molecule has 0 unspecified atom stereocenters. The van der Waals surface area contributed by atoms with Gasteiger partial charge in [0.2, 0.25) is 5.95 Å². The standard InChI is InChI=1S/C15H28N4/c1-12(2)19-11-13(3)17-15(19)16-8-5-14-6-9-18(4)10-7-14/h11-12,14H,5-10H2,1-4H3,(H,16,17). The van der Waals surface area contributed by atoms with Crippen molar-refractivity contribution in [2.75, 3.05) is 32.0 Å². The number of hydrogen-bond donors (Lipinski definition) is 1. The van der Waals surface area contributed by atoms with Gasteiger partial charge in [0.05, 0.1) is 5.69 Å². The van der Waals surface area contributed by atoms with Crippen molar-refractivity contribution in [2.45, 2.75) is 46.1 Å². The fourth-order valence-electron chi connectivity index (χ4n) is 2.78. The molecule has 1 aromatic rings. The normalized spacial score (nSPS) is 18.2. The molecule has 2 heterocycles. The lowest BCUT2D eigenvalue weighted by Crippen LogP contribution is -2.31. The Kier molecular flexibility index (Phi) is 4.86. The van der Waals surface area contributed by atoms with Crippen molar-refractivity contribution in [3.63, 3.8) is 0 Å². The zero-order chi connectivity index (χ0) is 13.8. The maximum Gasteiger partial charge on any atom is 0.203 e. The molecular weight excluding hydrogens is 236 g/mol. The molecule has 4 heteroatoms. The van der Waals surface area contributed by atoms with Gasteiger partial charge in [-0.05, 0) is 66.1 Å². The number of aryl methyl sites for hydroxylation is 1. The van der Waals surface area contributed by atoms with Crippen molar-refractivity contribution >= 4 is 5.95 Å². The molecule has 2 rings (SSSR count). The van der Waals surface area contributed by atoms with Crippen molar-refractivity contribution in [3.8, 4) is 0 Å². The molecule has 1 aliphatic rings. The Morgan fingerprint density at radius 3 is 2.68 bits per heavy atom. The molecule has 1 aliphatic heterocycles. The average Bonchev–Trinajstić information content (AvgIpc) is 2.73. The zero-order valence-electron chi connectivity index (χ0n) is 12.8. The quantitative estimate of drug-likeness (QED) is 0.887. The Hall–Kier alpha value is -1.03. The van der Waals surface area contributed by atoms with E-state index in [1.54, 1.807) is 0 Å². The molecule has 108 valence electrons. The Morgan fingerprint density at radius 2 is 2.05 bits per heavy atom. The summed E-state index contributed by atoms with van der Waals surface area (Å²) >= 11 is 0. The van der Waals surface area contributed by atoms with E-state index in [-0.39, 0.29) is 0 Å². The predicted octanol–water partition coefficient (Wildman–Crippen LogP) is 2.92. The third kappa shape index (κ3) is 3.96. The molecule has 0 atom stereocenters. The molecule has 1 saturated heterocycles. The maximum atomic E-state index is 4.57. The summed E-state index contributed by atoms with van der Waals surface area (Å²) in [6.45, 7) is 10.00. The summed E-state index contributed by atoms with van der Waals surface area (Å²) in [7, 11) is 2.22. The minimum absolute atomic E-state index is 0.465. The number of imidazole rings is 1. The van der Waals surface area contributed by atoms with Crippen LogP contribution in [-0.4, -0.2) is 41.1 Å². The number of nitrogens with one attached hydrogen (secondary N) is 1. The third-order valence-electron chi connectivity index (χ3n) is 4.08. The van der Waals surface area contributed by atoms with E-state index < -0.39 is 0 Å². The summed E-state index contributed by atoms with van der Waals surface area (Å²) in [5, 5.41) is 3.51. The number of rotatable bonds is 5. The first-order valence-electron chi connectivity index (χ1n) is 7.54. The number of anilines is 1. The maximum absolute atomic E-state index is 4.57.